The lowest BCUT2D eigenvalue weighted by atomic mass is 10.1. The third-order valence-corrected chi connectivity index (χ3v) is 4.67. The molecule has 0 bridgehead atoms. The number of hydrogen-bond acceptors (Lipinski definition) is 4. The van der Waals surface area contributed by atoms with Crippen LogP contribution in [0.5, 0.6) is 5.75 Å². The molecule has 2 N–H and O–H groups in total. The van der Waals surface area contributed by atoms with E-state index < -0.39 is 0 Å². The summed E-state index contributed by atoms with van der Waals surface area (Å²) in [6.07, 6.45) is 4.82. The minimum absolute atomic E-state index is 0.125. The highest BCUT2D eigenvalue weighted by Crippen LogP contribution is 2.26. The number of carbonyl (C=O) groups excluding carboxylic acids is 1. The number of carbonyl (C=O) groups is 1. The highest BCUT2D eigenvalue weighted by molar-refractivity contribution is 5.91. The van der Waals surface area contributed by atoms with Gasteiger partial charge in [0.2, 0.25) is 0 Å². The zero-order chi connectivity index (χ0) is 17.1. The first-order chi connectivity index (χ1) is 12.3. The van der Waals surface area contributed by atoms with E-state index >= 15 is 0 Å². The van der Waals surface area contributed by atoms with Gasteiger partial charge in [0.25, 0.3) is 0 Å². The van der Waals surface area contributed by atoms with Gasteiger partial charge in [-0.3, -0.25) is 5.10 Å². The Kier molecular flexibility index (Phi) is 4.56. The van der Waals surface area contributed by atoms with Crippen LogP contribution in [0, 0.1) is 0 Å². The van der Waals surface area contributed by atoms with Crippen molar-refractivity contribution in [3.8, 4) is 5.75 Å². The first-order valence-corrected chi connectivity index (χ1v) is 8.70. The van der Waals surface area contributed by atoms with Crippen LogP contribution < -0.4 is 10.1 Å². The molecule has 1 aromatic heterocycles. The van der Waals surface area contributed by atoms with Gasteiger partial charge in [-0.25, -0.2) is 4.79 Å². The van der Waals surface area contributed by atoms with Gasteiger partial charge in [-0.15, -0.1) is 0 Å². The number of ether oxygens (including phenoxy) is 2. The molecule has 1 unspecified atom stereocenters. The van der Waals surface area contributed by atoms with Crippen LogP contribution in [0.15, 0.2) is 30.5 Å². The first kappa shape index (κ1) is 16.0. The molecule has 25 heavy (non-hydrogen) atoms. The topological polar surface area (TPSA) is 79.5 Å². The van der Waals surface area contributed by atoms with Crippen molar-refractivity contribution < 1.29 is 14.3 Å². The molecule has 0 radical (unpaired) electrons. The number of aromatic amines is 1. The Balaban J connectivity index is 1.39. The third kappa shape index (κ3) is 3.61. The monoisotopic (exact) mass is 342 g/mol. The van der Waals surface area contributed by atoms with Crippen molar-refractivity contribution >= 4 is 11.7 Å². The molecule has 1 saturated heterocycles. The summed E-state index contributed by atoms with van der Waals surface area (Å²) in [6, 6.07) is 7.39. The van der Waals surface area contributed by atoms with Crippen molar-refractivity contribution in [2.45, 2.75) is 31.9 Å². The molecule has 4 rings (SSSR count). The van der Waals surface area contributed by atoms with Gasteiger partial charge in [0, 0.05) is 30.8 Å². The largest absolute Gasteiger partial charge is 0.489 e. The van der Waals surface area contributed by atoms with Crippen molar-refractivity contribution in [1.29, 1.82) is 0 Å². The van der Waals surface area contributed by atoms with Gasteiger partial charge >= 0.3 is 6.03 Å². The van der Waals surface area contributed by atoms with E-state index in [4.69, 9.17) is 9.47 Å². The first-order valence-electron chi connectivity index (χ1n) is 8.70. The minimum atomic E-state index is -0.125. The third-order valence-electron chi connectivity index (χ3n) is 4.67. The molecular weight excluding hydrogens is 320 g/mol. The standard InChI is InChI=1S/C18H22N4O3/c23-18(22-8-7-15-13(11-22)10-19-21-15)20-16-5-1-2-6-17(16)25-12-14-4-3-9-24-14/h1-2,5-6,10,14H,3-4,7-9,11-12H2,(H,19,21)(H,20,23). The lowest BCUT2D eigenvalue weighted by molar-refractivity contribution is 0.0682. The summed E-state index contributed by atoms with van der Waals surface area (Å²) in [5, 5.41) is 9.99. The van der Waals surface area contributed by atoms with Gasteiger partial charge in [0.15, 0.2) is 0 Å². The quantitative estimate of drug-likeness (QED) is 0.895. The highest BCUT2D eigenvalue weighted by atomic mass is 16.5. The number of benzene rings is 1. The van der Waals surface area contributed by atoms with Gasteiger partial charge in [-0.05, 0) is 25.0 Å². The fourth-order valence-corrected chi connectivity index (χ4v) is 3.24. The fourth-order valence-electron chi connectivity index (χ4n) is 3.24. The molecule has 2 amide bonds. The van der Waals surface area contributed by atoms with Crippen LogP contribution in [-0.2, 0) is 17.7 Å². The molecule has 3 heterocycles. The zero-order valence-corrected chi connectivity index (χ0v) is 14.0. The number of H-pyrrole nitrogens is 1. The second-order valence-corrected chi connectivity index (χ2v) is 6.42. The Bertz CT molecular complexity index is 739. The molecule has 0 spiro atoms. The normalized spacial score (nSPS) is 19.5. The van der Waals surface area contributed by atoms with E-state index in [1.807, 2.05) is 24.3 Å². The van der Waals surface area contributed by atoms with E-state index in [2.05, 4.69) is 15.5 Å². The second-order valence-electron chi connectivity index (χ2n) is 6.42. The van der Waals surface area contributed by atoms with Crippen molar-refractivity contribution in [1.82, 2.24) is 15.1 Å². The van der Waals surface area contributed by atoms with Gasteiger partial charge in [-0.2, -0.15) is 5.10 Å². The van der Waals surface area contributed by atoms with Crippen LogP contribution in [0.3, 0.4) is 0 Å². The number of fused-ring (bicyclic) bond motifs is 1. The SMILES string of the molecule is O=C(Nc1ccccc1OCC1CCCO1)N1CCc2[nH]ncc2C1. The molecular formula is C18H22N4O3. The summed E-state index contributed by atoms with van der Waals surface area (Å²) in [6.45, 7) is 2.54. The van der Waals surface area contributed by atoms with Gasteiger partial charge in [-0.1, -0.05) is 12.1 Å². The summed E-state index contributed by atoms with van der Waals surface area (Å²) in [5.41, 5.74) is 2.87. The summed E-state index contributed by atoms with van der Waals surface area (Å²) in [5.74, 6) is 0.673. The minimum Gasteiger partial charge on any atom is -0.489 e. The van der Waals surface area contributed by atoms with Crippen molar-refractivity contribution in [2.24, 2.45) is 0 Å². The summed E-state index contributed by atoms with van der Waals surface area (Å²) in [4.78, 5) is 14.4. The van der Waals surface area contributed by atoms with Crippen LogP contribution in [0.2, 0.25) is 0 Å². The second kappa shape index (κ2) is 7.14. The smallest absolute Gasteiger partial charge is 0.322 e. The van der Waals surface area contributed by atoms with Gasteiger partial charge in [0.05, 0.1) is 24.5 Å². The van der Waals surface area contributed by atoms with Gasteiger partial charge < -0.3 is 19.7 Å². The number of nitrogens with one attached hydrogen (secondary N) is 2. The Morgan fingerprint density at radius 1 is 1.44 bits per heavy atom. The Morgan fingerprint density at radius 3 is 3.24 bits per heavy atom. The number of aromatic nitrogens is 2. The van der Waals surface area contributed by atoms with E-state index in [1.54, 1.807) is 11.1 Å². The molecule has 1 atom stereocenters. The van der Waals surface area contributed by atoms with Crippen molar-refractivity contribution in [2.75, 3.05) is 25.1 Å². The van der Waals surface area contributed by atoms with E-state index in [9.17, 15) is 4.79 Å². The molecule has 7 nitrogen and oxygen atoms in total. The zero-order valence-electron chi connectivity index (χ0n) is 14.0. The number of rotatable bonds is 4. The average molecular weight is 342 g/mol. The number of hydrogen-bond donors (Lipinski definition) is 2. The Labute approximate surface area is 146 Å². The lowest BCUT2D eigenvalue weighted by Crippen LogP contribution is -2.38. The molecule has 1 aromatic carbocycles. The average Bonchev–Trinajstić information content (AvgIpc) is 3.31. The van der Waals surface area contributed by atoms with Crippen LogP contribution in [0.25, 0.3) is 0 Å². The highest BCUT2D eigenvalue weighted by Gasteiger charge is 2.23. The maximum absolute atomic E-state index is 12.6. The number of amides is 2. The van der Waals surface area contributed by atoms with Crippen LogP contribution >= 0.6 is 0 Å². The van der Waals surface area contributed by atoms with E-state index in [1.165, 1.54) is 0 Å². The lowest BCUT2D eigenvalue weighted by Gasteiger charge is -2.27. The predicted octanol–water partition coefficient (Wildman–Crippen LogP) is 2.56. The fraction of sp³-hybridized carbons (Fsp3) is 0.444. The molecule has 132 valence electrons. The number of para-hydroxylation sites is 2. The number of nitrogens with zero attached hydrogens (tertiary/aromatic N) is 2. The summed E-state index contributed by atoms with van der Waals surface area (Å²) in [7, 11) is 0. The molecule has 2 aromatic rings. The van der Waals surface area contributed by atoms with Crippen LogP contribution in [0.1, 0.15) is 24.1 Å². The summed E-state index contributed by atoms with van der Waals surface area (Å²) < 4.78 is 11.5. The number of anilines is 1. The van der Waals surface area contributed by atoms with Crippen LogP contribution in [0.4, 0.5) is 10.5 Å². The van der Waals surface area contributed by atoms with Crippen molar-refractivity contribution in [3.05, 3.63) is 41.7 Å². The molecule has 7 heteroatoms. The summed E-state index contributed by atoms with van der Waals surface area (Å²) >= 11 is 0. The predicted molar refractivity (Wildman–Crippen MR) is 92.6 cm³/mol. The molecule has 1 fully saturated rings. The molecule has 2 aliphatic rings. The van der Waals surface area contributed by atoms with E-state index in [0.717, 1.165) is 37.1 Å². The maximum atomic E-state index is 12.6. The van der Waals surface area contributed by atoms with E-state index in [0.29, 0.717) is 31.1 Å². The molecule has 2 aliphatic heterocycles. The maximum Gasteiger partial charge on any atom is 0.322 e. The number of urea groups is 1. The van der Waals surface area contributed by atoms with Gasteiger partial charge in [0.1, 0.15) is 12.4 Å². The van der Waals surface area contributed by atoms with Crippen molar-refractivity contribution in [3.63, 3.8) is 0 Å². The molecule has 0 saturated carbocycles. The Morgan fingerprint density at radius 2 is 2.36 bits per heavy atom. The van der Waals surface area contributed by atoms with E-state index in [-0.39, 0.29) is 12.1 Å². The molecule has 0 aliphatic carbocycles. The van der Waals surface area contributed by atoms with Crippen LogP contribution in [-0.4, -0.2) is 47.0 Å². The Hall–Kier alpha value is -2.54.